The Labute approximate surface area is 167 Å². The second kappa shape index (κ2) is 9.89. The minimum atomic E-state index is -0.796. The van der Waals surface area contributed by atoms with Gasteiger partial charge in [0.05, 0.1) is 6.04 Å². The van der Waals surface area contributed by atoms with Gasteiger partial charge in [-0.2, -0.15) is 0 Å². The predicted octanol–water partition coefficient (Wildman–Crippen LogP) is 1.87. The molecule has 1 fully saturated rings. The fourth-order valence-electron chi connectivity index (χ4n) is 3.05. The second-order valence-electron chi connectivity index (χ2n) is 8.97. The summed E-state index contributed by atoms with van der Waals surface area (Å²) in [5.41, 5.74) is -0.675. The smallest absolute Gasteiger partial charge is 0.408 e. The maximum absolute atomic E-state index is 13.1. The van der Waals surface area contributed by atoms with E-state index in [2.05, 4.69) is 10.6 Å². The Morgan fingerprint density at radius 1 is 1.07 bits per heavy atom. The zero-order valence-electron chi connectivity index (χ0n) is 18.1. The molecule has 28 heavy (non-hydrogen) atoms. The van der Waals surface area contributed by atoms with Crippen molar-refractivity contribution in [1.82, 2.24) is 15.5 Å². The van der Waals surface area contributed by atoms with Gasteiger partial charge in [-0.25, -0.2) is 4.79 Å². The number of hydrogen-bond donors (Lipinski definition) is 2. The van der Waals surface area contributed by atoms with E-state index < -0.39 is 29.8 Å². The molecule has 0 aliphatic carbocycles. The normalized spacial score (nSPS) is 19.3. The molecule has 1 heterocycles. The van der Waals surface area contributed by atoms with Crippen LogP contribution in [0.2, 0.25) is 0 Å². The predicted molar refractivity (Wildman–Crippen MR) is 106 cm³/mol. The van der Waals surface area contributed by atoms with Gasteiger partial charge in [0, 0.05) is 6.54 Å². The van der Waals surface area contributed by atoms with Crippen molar-refractivity contribution < 1.29 is 23.9 Å². The molecule has 0 aromatic heterocycles. The van der Waals surface area contributed by atoms with E-state index in [4.69, 9.17) is 4.74 Å². The van der Waals surface area contributed by atoms with Crippen LogP contribution in [0, 0.1) is 11.8 Å². The van der Waals surface area contributed by atoms with Crippen LogP contribution >= 0.6 is 0 Å². The molecule has 1 rings (SSSR count). The van der Waals surface area contributed by atoms with Crippen molar-refractivity contribution in [2.75, 3.05) is 6.54 Å². The van der Waals surface area contributed by atoms with Crippen molar-refractivity contribution in [1.29, 1.82) is 0 Å². The Morgan fingerprint density at radius 2 is 1.68 bits per heavy atom. The number of ether oxygens (including phenoxy) is 1. The molecule has 0 radical (unpaired) electrons. The number of rotatable bonds is 7. The first-order valence-electron chi connectivity index (χ1n) is 9.93. The zero-order chi connectivity index (χ0) is 21.6. The Balaban J connectivity index is 2.88. The largest absolute Gasteiger partial charge is 0.444 e. The second-order valence-corrected chi connectivity index (χ2v) is 8.97. The molecule has 1 aliphatic rings. The standard InChI is InChI=1S/C20H35N3O5/c1-12(2)14(11-24)21-17(25)15-9-8-10-23(15)18(26)16(13(3)4)22-19(27)28-20(5,6)7/h11-16H,8-10H2,1-7H3,(H,21,25)(H,22,27)/t14-,15+,16+/m1/s1. The molecule has 0 bridgehead atoms. The molecule has 0 unspecified atom stereocenters. The maximum Gasteiger partial charge on any atom is 0.408 e. The van der Waals surface area contributed by atoms with Gasteiger partial charge in [-0.15, -0.1) is 0 Å². The molecule has 160 valence electrons. The van der Waals surface area contributed by atoms with Crippen molar-refractivity contribution >= 4 is 24.2 Å². The lowest BCUT2D eigenvalue weighted by molar-refractivity contribution is -0.141. The number of likely N-dealkylation sites (tertiary alicyclic amines) is 1. The van der Waals surface area contributed by atoms with Crippen molar-refractivity contribution in [2.45, 2.75) is 85.0 Å². The van der Waals surface area contributed by atoms with Gasteiger partial charge in [0.15, 0.2) is 0 Å². The summed E-state index contributed by atoms with van der Waals surface area (Å²) in [4.78, 5) is 50.6. The monoisotopic (exact) mass is 397 g/mol. The first-order valence-corrected chi connectivity index (χ1v) is 9.93. The van der Waals surface area contributed by atoms with Crippen molar-refractivity contribution in [3.8, 4) is 0 Å². The molecule has 0 aromatic rings. The highest BCUT2D eigenvalue weighted by atomic mass is 16.6. The van der Waals surface area contributed by atoms with Crippen LogP contribution in [0.4, 0.5) is 4.79 Å². The summed E-state index contributed by atoms with van der Waals surface area (Å²) in [5, 5.41) is 5.36. The van der Waals surface area contributed by atoms with Gasteiger partial charge in [0.25, 0.3) is 0 Å². The first kappa shape index (κ1) is 23.9. The fourth-order valence-corrected chi connectivity index (χ4v) is 3.05. The van der Waals surface area contributed by atoms with E-state index in [1.54, 1.807) is 20.8 Å². The van der Waals surface area contributed by atoms with E-state index in [1.807, 2.05) is 27.7 Å². The molecule has 8 nitrogen and oxygen atoms in total. The lowest BCUT2D eigenvalue weighted by atomic mass is 10.0. The quantitative estimate of drug-likeness (QED) is 0.638. The van der Waals surface area contributed by atoms with Gasteiger partial charge in [-0.1, -0.05) is 27.7 Å². The van der Waals surface area contributed by atoms with Gasteiger partial charge >= 0.3 is 6.09 Å². The summed E-state index contributed by atoms with van der Waals surface area (Å²) in [6.07, 6.45) is 1.26. The molecule has 3 atom stereocenters. The van der Waals surface area contributed by atoms with Crippen LogP contribution in [0.15, 0.2) is 0 Å². The average Bonchev–Trinajstić information content (AvgIpc) is 3.04. The summed E-state index contributed by atoms with van der Waals surface area (Å²) >= 11 is 0. The lowest BCUT2D eigenvalue weighted by Gasteiger charge is -2.31. The molecule has 1 aliphatic heterocycles. The van der Waals surface area contributed by atoms with E-state index in [9.17, 15) is 19.2 Å². The molecule has 0 spiro atoms. The van der Waals surface area contributed by atoms with E-state index in [1.165, 1.54) is 4.90 Å². The van der Waals surface area contributed by atoms with Gasteiger partial charge in [0.1, 0.15) is 24.0 Å². The van der Waals surface area contributed by atoms with Gasteiger partial charge < -0.3 is 25.1 Å². The van der Waals surface area contributed by atoms with Crippen LogP contribution in [0.3, 0.4) is 0 Å². The maximum atomic E-state index is 13.1. The van der Waals surface area contributed by atoms with Crippen molar-refractivity contribution in [3.63, 3.8) is 0 Å². The van der Waals surface area contributed by atoms with Crippen LogP contribution in [0.5, 0.6) is 0 Å². The van der Waals surface area contributed by atoms with Gasteiger partial charge in [-0.3, -0.25) is 9.59 Å². The number of nitrogens with one attached hydrogen (secondary N) is 2. The Kier molecular flexibility index (Phi) is 8.45. The Morgan fingerprint density at radius 3 is 2.14 bits per heavy atom. The number of nitrogens with zero attached hydrogens (tertiary/aromatic N) is 1. The van der Waals surface area contributed by atoms with E-state index in [0.717, 1.165) is 0 Å². The summed E-state index contributed by atoms with van der Waals surface area (Å²) in [6.45, 7) is 13.0. The van der Waals surface area contributed by atoms with Crippen LogP contribution in [-0.4, -0.2) is 59.4 Å². The third kappa shape index (κ3) is 6.80. The molecule has 1 saturated heterocycles. The molecular weight excluding hydrogens is 362 g/mol. The summed E-state index contributed by atoms with van der Waals surface area (Å²) in [7, 11) is 0. The third-order valence-corrected chi connectivity index (χ3v) is 4.62. The molecular formula is C20H35N3O5. The zero-order valence-corrected chi connectivity index (χ0v) is 18.1. The number of alkyl carbamates (subject to hydrolysis) is 1. The van der Waals surface area contributed by atoms with Gasteiger partial charge in [-0.05, 0) is 45.4 Å². The number of amides is 3. The number of carbonyl (C=O) groups excluding carboxylic acids is 4. The highest BCUT2D eigenvalue weighted by Gasteiger charge is 2.39. The highest BCUT2D eigenvalue weighted by Crippen LogP contribution is 2.21. The van der Waals surface area contributed by atoms with Crippen LogP contribution in [0.1, 0.15) is 61.3 Å². The number of carbonyl (C=O) groups is 4. The van der Waals surface area contributed by atoms with Crippen molar-refractivity contribution in [3.05, 3.63) is 0 Å². The molecule has 0 aromatic carbocycles. The Hall–Kier alpha value is -2.12. The SMILES string of the molecule is CC(C)[C@H](NC(=O)OC(C)(C)C)C(=O)N1CCC[C@H]1C(=O)N[C@H](C=O)C(C)C. The Bertz CT molecular complexity index is 583. The van der Waals surface area contributed by atoms with Crippen LogP contribution in [-0.2, 0) is 19.1 Å². The topological polar surface area (TPSA) is 105 Å². The van der Waals surface area contributed by atoms with Gasteiger partial charge in [0.2, 0.25) is 11.8 Å². The van der Waals surface area contributed by atoms with E-state index in [0.29, 0.717) is 25.7 Å². The number of hydrogen-bond acceptors (Lipinski definition) is 5. The minimum Gasteiger partial charge on any atom is -0.444 e. The average molecular weight is 398 g/mol. The van der Waals surface area contributed by atoms with E-state index >= 15 is 0 Å². The van der Waals surface area contributed by atoms with E-state index in [-0.39, 0.29) is 23.7 Å². The summed E-state index contributed by atoms with van der Waals surface area (Å²) < 4.78 is 5.26. The molecule has 0 saturated carbocycles. The number of aldehydes is 1. The lowest BCUT2D eigenvalue weighted by Crippen LogP contribution is -2.56. The third-order valence-electron chi connectivity index (χ3n) is 4.62. The van der Waals surface area contributed by atoms with Crippen LogP contribution < -0.4 is 10.6 Å². The molecule has 3 amide bonds. The highest BCUT2D eigenvalue weighted by molar-refractivity contribution is 5.92. The summed E-state index contributed by atoms with van der Waals surface area (Å²) in [6, 6.07) is -2.03. The fraction of sp³-hybridized carbons (Fsp3) is 0.800. The minimum absolute atomic E-state index is 0.0377. The molecule has 2 N–H and O–H groups in total. The first-order chi connectivity index (χ1) is 12.9. The summed E-state index contributed by atoms with van der Waals surface area (Å²) in [5.74, 6) is -0.867. The van der Waals surface area contributed by atoms with Crippen molar-refractivity contribution in [2.24, 2.45) is 11.8 Å². The molecule has 8 heteroatoms. The van der Waals surface area contributed by atoms with Crippen LogP contribution in [0.25, 0.3) is 0 Å².